The van der Waals surface area contributed by atoms with Crippen molar-refractivity contribution in [1.29, 1.82) is 0 Å². The minimum absolute atomic E-state index is 0.0847. The molecule has 0 radical (unpaired) electrons. The maximum absolute atomic E-state index is 14.7. The number of aromatic nitrogens is 1. The van der Waals surface area contributed by atoms with Crippen LogP contribution in [0.25, 0.3) is 22.4 Å². The van der Waals surface area contributed by atoms with Crippen molar-refractivity contribution in [2.75, 3.05) is 39.8 Å². The summed E-state index contributed by atoms with van der Waals surface area (Å²) in [5.41, 5.74) is 4.64. The summed E-state index contributed by atoms with van der Waals surface area (Å²) >= 11 is 0. The van der Waals surface area contributed by atoms with Crippen molar-refractivity contribution >= 4 is 16.9 Å². The smallest absolute Gasteiger partial charge is 0.272 e. The number of carbonyl (C=O) groups excluding carboxylic acids is 1. The topological polar surface area (TPSA) is 77.0 Å². The first-order valence-electron chi connectivity index (χ1n) is 13.7. The molecule has 0 bridgehead atoms. The largest absolute Gasteiger partial charge is 0.396 e. The highest BCUT2D eigenvalue weighted by Gasteiger charge is 2.40. The molecule has 2 aliphatic heterocycles. The number of fused-ring (bicyclic) bond motifs is 1. The Kier molecular flexibility index (Phi) is 8.20. The quantitative estimate of drug-likeness (QED) is 0.472. The fourth-order valence-corrected chi connectivity index (χ4v) is 6.90. The van der Waals surface area contributed by atoms with E-state index in [1.165, 1.54) is 6.07 Å². The number of carbonyl (C=O) groups is 1. The van der Waals surface area contributed by atoms with Gasteiger partial charge in [-0.3, -0.25) is 4.79 Å². The fourth-order valence-electron chi connectivity index (χ4n) is 5.50. The Morgan fingerprint density at radius 2 is 1.75 bits per heavy atom. The van der Waals surface area contributed by atoms with Gasteiger partial charge in [0.1, 0.15) is 22.5 Å². The Bertz CT molecular complexity index is 1430. The molecule has 1 amide bonds. The molecule has 0 saturated carbocycles. The fraction of sp³-hybridized carbons (Fsp3) is 0.419. The third-order valence-corrected chi connectivity index (χ3v) is 9.48. The number of pyridine rings is 1. The molecule has 1 aromatic heterocycles. The van der Waals surface area contributed by atoms with Crippen LogP contribution in [0.4, 0.5) is 4.39 Å². The second-order valence-corrected chi connectivity index (χ2v) is 13.7. The molecule has 3 aromatic rings. The van der Waals surface area contributed by atoms with Gasteiger partial charge in [-0.05, 0) is 63.6 Å². The number of piperazine rings is 1. The van der Waals surface area contributed by atoms with Crippen LogP contribution >= 0.6 is 0 Å². The molecule has 1 N–H and O–H groups in total. The minimum Gasteiger partial charge on any atom is -0.396 e. The van der Waals surface area contributed by atoms with Crippen molar-refractivity contribution in [2.24, 2.45) is 0 Å². The lowest BCUT2D eigenvalue weighted by Gasteiger charge is -2.32. The van der Waals surface area contributed by atoms with E-state index in [0.717, 1.165) is 29.8 Å². The molecule has 5 rings (SSSR count). The minimum atomic E-state index is -1.35. The molecule has 1 fully saturated rings. The predicted molar refractivity (Wildman–Crippen MR) is 156 cm³/mol. The van der Waals surface area contributed by atoms with Gasteiger partial charge < -0.3 is 14.9 Å². The van der Waals surface area contributed by atoms with Crippen LogP contribution < -0.4 is 0 Å². The maximum Gasteiger partial charge on any atom is 0.272 e. The Morgan fingerprint density at radius 1 is 1.05 bits per heavy atom. The van der Waals surface area contributed by atoms with Gasteiger partial charge in [0.25, 0.3) is 5.91 Å². The highest BCUT2D eigenvalue weighted by atomic mass is 32.2. The molecular formula is C31H37FN4O3S. The van der Waals surface area contributed by atoms with E-state index in [-0.39, 0.29) is 24.4 Å². The number of halogens is 1. The van der Waals surface area contributed by atoms with Crippen LogP contribution in [-0.2, 0) is 17.5 Å². The summed E-state index contributed by atoms with van der Waals surface area (Å²) in [6.07, 6.45) is 0.377. The van der Waals surface area contributed by atoms with E-state index >= 15 is 0 Å². The van der Waals surface area contributed by atoms with E-state index in [2.05, 4.69) is 4.90 Å². The van der Waals surface area contributed by atoms with Gasteiger partial charge in [-0.25, -0.2) is 17.9 Å². The molecule has 9 heteroatoms. The van der Waals surface area contributed by atoms with Crippen molar-refractivity contribution in [3.63, 3.8) is 0 Å². The van der Waals surface area contributed by atoms with E-state index in [9.17, 15) is 18.5 Å². The predicted octanol–water partition coefficient (Wildman–Crippen LogP) is 4.64. The van der Waals surface area contributed by atoms with Gasteiger partial charge in [-0.2, -0.15) is 0 Å². The Hall–Kier alpha value is -2.98. The van der Waals surface area contributed by atoms with Crippen LogP contribution in [0.1, 0.15) is 54.8 Å². The number of likely N-dealkylation sites (N-methyl/N-ethyl adjacent to an activating group) is 1. The number of benzene rings is 2. The molecule has 0 spiro atoms. The lowest BCUT2D eigenvalue weighted by Crippen LogP contribution is -2.47. The van der Waals surface area contributed by atoms with Gasteiger partial charge >= 0.3 is 0 Å². The number of hydrogen-bond acceptors (Lipinski definition) is 5. The molecule has 1 saturated heterocycles. The second kappa shape index (κ2) is 11.5. The summed E-state index contributed by atoms with van der Waals surface area (Å²) in [6.45, 7) is 8.94. The normalized spacial score (nSPS) is 19.1. The zero-order valence-electron chi connectivity index (χ0n) is 23.6. The van der Waals surface area contributed by atoms with Crippen molar-refractivity contribution in [1.82, 2.24) is 19.1 Å². The summed E-state index contributed by atoms with van der Waals surface area (Å²) in [6, 6.07) is 15.7. The molecule has 2 atom stereocenters. The van der Waals surface area contributed by atoms with Crippen LogP contribution in [0.5, 0.6) is 0 Å². The van der Waals surface area contributed by atoms with Crippen LogP contribution in [0.2, 0.25) is 0 Å². The Balaban J connectivity index is 1.66. The number of hydrogen-bond donors (Lipinski definition) is 1. The molecular weight excluding hydrogens is 527 g/mol. The van der Waals surface area contributed by atoms with Crippen LogP contribution in [-0.4, -0.2) is 78.9 Å². The van der Waals surface area contributed by atoms with E-state index < -0.39 is 15.7 Å². The molecule has 3 heterocycles. The van der Waals surface area contributed by atoms with Gasteiger partial charge in [-0.15, -0.1) is 0 Å². The molecule has 0 aliphatic carbocycles. The molecule has 7 nitrogen and oxygen atoms in total. The van der Waals surface area contributed by atoms with Crippen LogP contribution in [0, 0.1) is 5.82 Å². The Labute approximate surface area is 238 Å². The molecule has 0 unspecified atom stereocenters. The van der Waals surface area contributed by atoms with E-state index in [1.807, 2.05) is 67.4 Å². The first-order chi connectivity index (χ1) is 19.1. The number of aliphatic hydroxyl groups is 1. The Morgan fingerprint density at radius 3 is 2.42 bits per heavy atom. The maximum atomic E-state index is 14.7. The highest BCUT2D eigenvalue weighted by molar-refractivity contribution is 7.84. The molecule has 2 aromatic carbocycles. The average Bonchev–Trinajstić information content (AvgIpc) is 3.30. The zero-order valence-corrected chi connectivity index (χ0v) is 24.4. The van der Waals surface area contributed by atoms with E-state index in [0.29, 0.717) is 48.6 Å². The lowest BCUT2D eigenvalue weighted by atomic mass is 9.94. The third-order valence-electron chi connectivity index (χ3n) is 7.62. The van der Waals surface area contributed by atoms with Crippen LogP contribution in [0.15, 0.2) is 54.6 Å². The first kappa shape index (κ1) is 28.5. The van der Waals surface area contributed by atoms with Crippen molar-refractivity contribution in [2.45, 2.75) is 44.5 Å². The van der Waals surface area contributed by atoms with Crippen LogP contribution in [0.3, 0.4) is 0 Å². The molecule has 212 valence electrons. The lowest BCUT2D eigenvalue weighted by molar-refractivity contribution is 0.0658. The molecule has 40 heavy (non-hydrogen) atoms. The van der Waals surface area contributed by atoms with Crippen molar-refractivity contribution < 1.29 is 18.5 Å². The van der Waals surface area contributed by atoms with Gasteiger partial charge in [-0.1, -0.05) is 36.4 Å². The SMILES string of the molecule is CN1CCN(C(=O)c2cc3c(c(-c4cccc(-c5ccccc5F)c4)n2)[C@H](CCO)N([S@@](=O)C(C)(C)C)C3)CC1. The highest BCUT2D eigenvalue weighted by Crippen LogP contribution is 2.44. The van der Waals surface area contributed by atoms with Gasteiger partial charge in [0, 0.05) is 56.0 Å². The van der Waals surface area contributed by atoms with Crippen molar-refractivity contribution in [3.05, 3.63) is 77.2 Å². The van der Waals surface area contributed by atoms with Gasteiger partial charge in [0.2, 0.25) is 0 Å². The number of aliphatic hydroxyl groups excluding tert-OH is 1. The number of nitrogens with zero attached hydrogens (tertiary/aromatic N) is 4. The van der Waals surface area contributed by atoms with Crippen molar-refractivity contribution in [3.8, 4) is 22.4 Å². The number of rotatable bonds is 6. The van der Waals surface area contributed by atoms with Gasteiger partial charge in [0.05, 0.1) is 16.5 Å². The number of amides is 1. The van der Waals surface area contributed by atoms with Gasteiger partial charge in [0.15, 0.2) is 0 Å². The summed E-state index contributed by atoms with van der Waals surface area (Å²) in [5, 5.41) is 10.0. The third kappa shape index (κ3) is 5.61. The summed E-state index contributed by atoms with van der Waals surface area (Å²) in [7, 11) is 0.689. The first-order valence-corrected chi connectivity index (χ1v) is 14.9. The summed E-state index contributed by atoms with van der Waals surface area (Å²) in [4.78, 5) is 22.7. The second-order valence-electron chi connectivity index (χ2n) is 11.5. The summed E-state index contributed by atoms with van der Waals surface area (Å²) in [5.74, 6) is -0.446. The zero-order chi connectivity index (χ0) is 28.6. The van der Waals surface area contributed by atoms with E-state index in [4.69, 9.17) is 4.98 Å². The molecule has 2 aliphatic rings. The standard InChI is InChI=1S/C31H37FN4O3S/c1-31(2,3)40(39)36-20-23-19-26(30(38)35-15-13-34(4)14-16-35)33-29(28(23)27(36)12-17-37)22-9-7-8-21(18-22)24-10-5-6-11-25(24)32/h5-11,18-19,27,37H,12-17,20H2,1-4H3/t27-,40-/m0/s1. The summed E-state index contributed by atoms with van der Waals surface area (Å²) < 4.78 is 29.8. The monoisotopic (exact) mass is 564 g/mol. The van der Waals surface area contributed by atoms with E-state index in [1.54, 1.807) is 18.2 Å². The average molecular weight is 565 g/mol.